The monoisotopic (exact) mass is 304 g/mol. The number of rotatable bonds is 11. The SMILES string of the molecule is CC=C(C)C(=O)OCCC[Si](OCC)(OCC)OCC. The lowest BCUT2D eigenvalue weighted by Gasteiger charge is -2.28. The smallest absolute Gasteiger partial charge is 0.462 e. The molecular weight excluding hydrogens is 276 g/mol. The molecule has 0 rings (SSSR count). The van der Waals surface area contributed by atoms with E-state index in [1.807, 2.05) is 27.7 Å². The maximum absolute atomic E-state index is 11.5. The summed E-state index contributed by atoms with van der Waals surface area (Å²) in [4.78, 5) is 11.5. The van der Waals surface area contributed by atoms with Crippen LogP contribution in [0.25, 0.3) is 0 Å². The molecule has 0 aromatic heterocycles. The van der Waals surface area contributed by atoms with Crippen LogP contribution in [0.3, 0.4) is 0 Å². The molecule has 0 radical (unpaired) electrons. The van der Waals surface area contributed by atoms with Crippen molar-refractivity contribution >= 4 is 14.8 Å². The molecule has 0 spiro atoms. The molecule has 0 heterocycles. The van der Waals surface area contributed by atoms with Crippen molar-refractivity contribution in [3.05, 3.63) is 11.6 Å². The van der Waals surface area contributed by atoms with E-state index < -0.39 is 8.80 Å². The summed E-state index contributed by atoms with van der Waals surface area (Å²) in [6, 6.07) is 0.657. The van der Waals surface area contributed by atoms with Gasteiger partial charge in [-0.3, -0.25) is 0 Å². The second-order valence-corrected chi connectivity index (χ2v) is 6.93. The van der Waals surface area contributed by atoms with E-state index in [0.717, 1.165) is 0 Å². The van der Waals surface area contributed by atoms with Gasteiger partial charge in [0.05, 0.1) is 6.61 Å². The van der Waals surface area contributed by atoms with Crippen LogP contribution >= 0.6 is 0 Å². The minimum Gasteiger partial charge on any atom is -0.462 e. The molecule has 0 aromatic carbocycles. The summed E-state index contributed by atoms with van der Waals surface area (Å²) in [5, 5.41) is 0. The van der Waals surface area contributed by atoms with Gasteiger partial charge in [-0.2, -0.15) is 0 Å². The molecule has 0 saturated carbocycles. The molecule has 0 atom stereocenters. The van der Waals surface area contributed by atoms with E-state index in [9.17, 15) is 4.79 Å². The molecule has 0 saturated heterocycles. The molecule has 0 bridgehead atoms. The van der Waals surface area contributed by atoms with Gasteiger partial charge in [0.15, 0.2) is 0 Å². The van der Waals surface area contributed by atoms with Crippen LogP contribution in [0, 0.1) is 0 Å². The third-order valence-electron chi connectivity index (χ3n) is 2.71. The molecule has 0 fully saturated rings. The first-order valence-electron chi connectivity index (χ1n) is 7.27. The van der Waals surface area contributed by atoms with Crippen LogP contribution in [-0.2, 0) is 22.8 Å². The zero-order valence-electron chi connectivity index (χ0n) is 13.4. The third-order valence-corrected chi connectivity index (χ3v) is 5.86. The molecule has 20 heavy (non-hydrogen) atoms. The summed E-state index contributed by atoms with van der Waals surface area (Å²) in [6.07, 6.45) is 2.41. The van der Waals surface area contributed by atoms with Gasteiger partial charge in [0, 0.05) is 31.4 Å². The lowest BCUT2D eigenvalue weighted by Crippen LogP contribution is -2.46. The summed E-state index contributed by atoms with van der Waals surface area (Å²) in [5.74, 6) is -0.274. The average molecular weight is 304 g/mol. The van der Waals surface area contributed by atoms with Crippen LogP contribution in [0.2, 0.25) is 6.04 Å². The van der Waals surface area contributed by atoms with Crippen LogP contribution in [0.4, 0.5) is 0 Å². The Hall–Kier alpha value is -0.693. The van der Waals surface area contributed by atoms with E-state index in [1.54, 1.807) is 13.0 Å². The Balaban J connectivity index is 4.28. The van der Waals surface area contributed by atoms with Gasteiger partial charge in [0.25, 0.3) is 0 Å². The van der Waals surface area contributed by atoms with Gasteiger partial charge in [-0.15, -0.1) is 0 Å². The highest BCUT2D eigenvalue weighted by atomic mass is 28.4. The number of carbonyl (C=O) groups excluding carboxylic acids is 1. The van der Waals surface area contributed by atoms with Crippen molar-refractivity contribution in [2.24, 2.45) is 0 Å². The van der Waals surface area contributed by atoms with E-state index in [-0.39, 0.29) is 5.97 Å². The average Bonchev–Trinajstić information content (AvgIpc) is 2.43. The summed E-state index contributed by atoms with van der Waals surface area (Å²) < 4.78 is 22.4. The second kappa shape index (κ2) is 11.0. The Morgan fingerprint density at radius 1 is 1.05 bits per heavy atom. The maximum Gasteiger partial charge on any atom is 0.501 e. The van der Waals surface area contributed by atoms with E-state index >= 15 is 0 Å². The van der Waals surface area contributed by atoms with Gasteiger partial charge in [-0.1, -0.05) is 6.08 Å². The third kappa shape index (κ3) is 7.19. The predicted octanol–water partition coefficient (Wildman–Crippen LogP) is 2.93. The molecule has 0 amide bonds. The first-order chi connectivity index (χ1) is 9.55. The first kappa shape index (κ1) is 19.3. The quantitative estimate of drug-likeness (QED) is 0.254. The zero-order valence-corrected chi connectivity index (χ0v) is 14.4. The predicted molar refractivity (Wildman–Crippen MR) is 80.4 cm³/mol. The highest BCUT2D eigenvalue weighted by Gasteiger charge is 2.39. The van der Waals surface area contributed by atoms with Crippen LogP contribution < -0.4 is 0 Å². The fourth-order valence-corrected chi connectivity index (χ4v) is 4.27. The Bertz CT molecular complexity index is 287. The number of allylic oxidation sites excluding steroid dienone is 1. The van der Waals surface area contributed by atoms with Gasteiger partial charge < -0.3 is 18.0 Å². The molecule has 0 aliphatic carbocycles. The van der Waals surface area contributed by atoms with Crippen molar-refractivity contribution in [1.29, 1.82) is 0 Å². The van der Waals surface area contributed by atoms with Crippen molar-refractivity contribution in [2.75, 3.05) is 26.4 Å². The molecule has 0 aliphatic rings. The molecule has 5 nitrogen and oxygen atoms in total. The molecule has 0 aromatic rings. The van der Waals surface area contributed by atoms with Crippen molar-refractivity contribution in [3.8, 4) is 0 Å². The second-order valence-electron chi connectivity index (χ2n) is 4.19. The van der Waals surface area contributed by atoms with E-state index in [0.29, 0.717) is 44.5 Å². The normalized spacial score (nSPS) is 12.6. The Kier molecular flexibility index (Phi) is 10.6. The molecule has 6 heteroatoms. The van der Waals surface area contributed by atoms with Gasteiger partial charge >= 0.3 is 14.8 Å². The number of ether oxygens (including phenoxy) is 1. The minimum absolute atomic E-state index is 0.274. The summed E-state index contributed by atoms with van der Waals surface area (Å²) >= 11 is 0. The van der Waals surface area contributed by atoms with E-state index in [1.165, 1.54) is 0 Å². The number of hydrogen-bond donors (Lipinski definition) is 0. The fourth-order valence-electron chi connectivity index (χ4n) is 1.69. The van der Waals surface area contributed by atoms with Gasteiger partial charge in [-0.25, -0.2) is 4.79 Å². The Morgan fingerprint density at radius 3 is 1.95 bits per heavy atom. The highest BCUT2D eigenvalue weighted by Crippen LogP contribution is 2.18. The number of esters is 1. The molecule has 0 N–H and O–H groups in total. The molecular formula is C14H28O5Si. The zero-order chi connectivity index (χ0) is 15.4. The van der Waals surface area contributed by atoms with Gasteiger partial charge in [-0.05, 0) is 41.0 Å². The lowest BCUT2D eigenvalue weighted by molar-refractivity contribution is -0.139. The van der Waals surface area contributed by atoms with Gasteiger partial charge in [0.2, 0.25) is 0 Å². The number of hydrogen-bond acceptors (Lipinski definition) is 5. The van der Waals surface area contributed by atoms with Gasteiger partial charge in [0.1, 0.15) is 0 Å². The van der Waals surface area contributed by atoms with E-state index in [2.05, 4.69) is 0 Å². The Labute approximate surface area is 123 Å². The minimum atomic E-state index is -2.61. The first-order valence-corrected chi connectivity index (χ1v) is 9.20. The molecule has 0 unspecified atom stereocenters. The van der Waals surface area contributed by atoms with Crippen molar-refractivity contribution < 1.29 is 22.8 Å². The standard InChI is InChI=1S/C14H28O5Si/c1-6-13(5)14(15)16-11-10-12-20(17-7-2,18-8-3)19-9-4/h6H,7-12H2,1-5H3. The topological polar surface area (TPSA) is 54.0 Å². The van der Waals surface area contributed by atoms with Crippen LogP contribution in [0.5, 0.6) is 0 Å². The summed E-state index contributed by atoms with van der Waals surface area (Å²) in [5.41, 5.74) is 0.618. The van der Waals surface area contributed by atoms with E-state index in [4.69, 9.17) is 18.0 Å². The van der Waals surface area contributed by atoms with Crippen molar-refractivity contribution in [2.45, 2.75) is 47.1 Å². The van der Waals surface area contributed by atoms with Crippen LogP contribution in [0.1, 0.15) is 41.0 Å². The summed E-state index contributed by atoms with van der Waals surface area (Å²) in [6.45, 7) is 11.4. The summed E-state index contributed by atoms with van der Waals surface area (Å²) in [7, 11) is -2.61. The van der Waals surface area contributed by atoms with Crippen molar-refractivity contribution in [1.82, 2.24) is 0 Å². The van der Waals surface area contributed by atoms with Crippen LogP contribution in [-0.4, -0.2) is 41.2 Å². The fraction of sp³-hybridized carbons (Fsp3) is 0.786. The highest BCUT2D eigenvalue weighted by molar-refractivity contribution is 6.60. The largest absolute Gasteiger partial charge is 0.501 e. The molecule has 0 aliphatic heterocycles. The lowest BCUT2D eigenvalue weighted by atomic mass is 10.3. The van der Waals surface area contributed by atoms with Crippen molar-refractivity contribution in [3.63, 3.8) is 0 Å². The van der Waals surface area contributed by atoms with Crippen LogP contribution in [0.15, 0.2) is 11.6 Å². The maximum atomic E-state index is 11.5. The molecule has 118 valence electrons. The Morgan fingerprint density at radius 2 is 1.55 bits per heavy atom. The number of carbonyl (C=O) groups is 1.